The number of carbonyl (C=O) groups excluding carboxylic acids is 1. The predicted octanol–water partition coefficient (Wildman–Crippen LogP) is 2.05. The first-order valence-electron chi connectivity index (χ1n) is 7.05. The number of amides is 1. The molecular formula is C14H18BrFN4O2. The summed E-state index contributed by atoms with van der Waals surface area (Å²) in [6, 6.07) is 1.56. The van der Waals surface area contributed by atoms with Gasteiger partial charge in [-0.3, -0.25) is 15.2 Å². The molecule has 0 unspecified atom stereocenters. The molecule has 1 aliphatic rings. The predicted molar refractivity (Wildman–Crippen MR) is 85.8 cm³/mol. The van der Waals surface area contributed by atoms with Gasteiger partial charge in [0.25, 0.3) is 5.91 Å². The summed E-state index contributed by atoms with van der Waals surface area (Å²) in [5.74, 6) is -0.179. The summed E-state index contributed by atoms with van der Waals surface area (Å²) >= 11 is 3.07. The van der Waals surface area contributed by atoms with Gasteiger partial charge in [-0.2, -0.15) is 0 Å². The zero-order valence-electron chi connectivity index (χ0n) is 12.1. The molecule has 1 fully saturated rings. The van der Waals surface area contributed by atoms with Crippen LogP contribution in [0, 0.1) is 5.41 Å². The standard InChI is InChI=1S/C14H18BrFN4O2/c15-13(17)10-9-19-12(8-11(10)18-3-2-16)14(21)20-4-1-6-22-7-5-20/h8-9,17H,1-7H2,(H,18,19). The number of hydrogen-bond donors (Lipinski definition) is 2. The Morgan fingerprint density at radius 1 is 1.50 bits per heavy atom. The third-order valence-corrected chi connectivity index (χ3v) is 3.71. The van der Waals surface area contributed by atoms with Crippen molar-refractivity contribution in [2.24, 2.45) is 0 Å². The molecule has 120 valence electrons. The third kappa shape index (κ3) is 4.23. The van der Waals surface area contributed by atoms with Crippen LogP contribution in [0.25, 0.3) is 0 Å². The van der Waals surface area contributed by atoms with Crippen molar-refractivity contribution in [3.05, 3.63) is 23.5 Å². The molecule has 8 heteroatoms. The van der Waals surface area contributed by atoms with Gasteiger partial charge in [0.2, 0.25) is 0 Å². The molecule has 0 saturated carbocycles. The molecule has 1 aliphatic heterocycles. The average Bonchev–Trinajstić information content (AvgIpc) is 2.81. The van der Waals surface area contributed by atoms with Gasteiger partial charge in [0, 0.05) is 43.7 Å². The molecule has 0 spiro atoms. The van der Waals surface area contributed by atoms with Gasteiger partial charge >= 0.3 is 0 Å². The lowest BCUT2D eigenvalue weighted by Gasteiger charge is -2.20. The lowest BCUT2D eigenvalue weighted by atomic mass is 10.2. The molecular weight excluding hydrogens is 355 g/mol. The molecule has 2 heterocycles. The number of nitrogens with zero attached hydrogens (tertiary/aromatic N) is 2. The van der Waals surface area contributed by atoms with Gasteiger partial charge in [-0.25, -0.2) is 4.39 Å². The average molecular weight is 373 g/mol. The van der Waals surface area contributed by atoms with Crippen molar-refractivity contribution in [1.29, 1.82) is 5.41 Å². The first-order valence-corrected chi connectivity index (χ1v) is 7.84. The normalized spacial score (nSPS) is 15.3. The minimum absolute atomic E-state index is 0.114. The zero-order valence-corrected chi connectivity index (χ0v) is 13.7. The Bertz CT molecular complexity index is 548. The second-order valence-corrected chi connectivity index (χ2v) is 5.60. The van der Waals surface area contributed by atoms with E-state index in [1.807, 2.05) is 0 Å². The van der Waals surface area contributed by atoms with Crippen LogP contribution < -0.4 is 5.32 Å². The molecule has 0 aromatic carbocycles. The van der Waals surface area contributed by atoms with Gasteiger partial charge in [-0.1, -0.05) is 0 Å². The topological polar surface area (TPSA) is 78.3 Å². The summed E-state index contributed by atoms with van der Waals surface area (Å²) in [6.07, 6.45) is 2.24. The maximum absolute atomic E-state index is 12.5. The summed E-state index contributed by atoms with van der Waals surface area (Å²) in [5.41, 5.74) is 1.29. The van der Waals surface area contributed by atoms with Crippen LogP contribution in [-0.4, -0.2) is 59.9 Å². The highest BCUT2D eigenvalue weighted by Gasteiger charge is 2.20. The minimum atomic E-state index is -0.538. The second kappa shape index (κ2) is 8.19. The van der Waals surface area contributed by atoms with E-state index in [-0.39, 0.29) is 22.8 Å². The third-order valence-electron chi connectivity index (χ3n) is 3.28. The van der Waals surface area contributed by atoms with Crippen LogP contribution in [-0.2, 0) is 4.74 Å². The molecule has 2 N–H and O–H groups in total. The van der Waals surface area contributed by atoms with Gasteiger partial charge < -0.3 is 15.0 Å². The number of alkyl halides is 1. The Hall–Kier alpha value is -1.54. The van der Waals surface area contributed by atoms with E-state index in [1.165, 1.54) is 6.20 Å². The highest BCUT2D eigenvalue weighted by atomic mass is 79.9. The number of halogens is 2. The smallest absolute Gasteiger partial charge is 0.272 e. The van der Waals surface area contributed by atoms with Gasteiger partial charge in [0.15, 0.2) is 0 Å². The SMILES string of the molecule is N=C(Br)c1cnc(C(=O)N2CCCOCC2)cc1NCCF. The van der Waals surface area contributed by atoms with Crippen LogP contribution in [0.5, 0.6) is 0 Å². The van der Waals surface area contributed by atoms with E-state index < -0.39 is 6.67 Å². The fraction of sp³-hybridized carbons (Fsp3) is 0.500. The molecule has 1 aromatic heterocycles. The minimum Gasteiger partial charge on any atom is -0.382 e. The molecule has 0 radical (unpaired) electrons. The lowest BCUT2D eigenvalue weighted by molar-refractivity contribution is 0.0735. The van der Waals surface area contributed by atoms with E-state index in [4.69, 9.17) is 10.1 Å². The molecule has 1 amide bonds. The number of rotatable bonds is 5. The molecule has 1 saturated heterocycles. The first kappa shape index (κ1) is 16.8. The van der Waals surface area contributed by atoms with Crippen LogP contribution >= 0.6 is 15.9 Å². The summed E-state index contributed by atoms with van der Waals surface area (Å²) < 4.78 is 17.8. The fourth-order valence-corrected chi connectivity index (χ4v) is 2.50. The van der Waals surface area contributed by atoms with Crippen LogP contribution in [0.3, 0.4) is 0 Å². The van der Waals surface area contributed by atoms with Crippen LogP contribution in [0.2, 0.25) is 0 Å². The number of aromatic nitrogens is 1. The van der Waals surface area contributed by atoms with Gasteiger partial charge in [-0.15, -0.1) is 0 Å². The number of anilines is 1. The van der Waals surface area contributed by atoms with Crippen molar-refractivity contribution in [2.45, 2.75) is 6.42 Å². The summed E-state index contributed by atoms with van der Waals surface area (Å²) in [6.45, 7) is 1.91. The fourth-order valence-electron chi connectivity index (χ4n) is 2.19. The van der Waals surface area contributed by atoms with Gasteiger partial charge in [-0.05, 0) is 28.4 Å². The second-order valence-electron chi connectivity index (χ2n) is 4.80. The molecule has 1 aromatic rings. The maximum Gasteiger partial charge on any atom is 0.272 e. The molecule has 0 bridgehead atoms. The van der Waals surface area contributed by atoms with Crippen molar-refractivity contribution in [3.8, 4) is 0 Å². The summed E-state index contributed by atoms with van der Waals surface area (Å²) in [4.78, 5) is 18.3. The van der Waals surface area contributed by atoms with Crippen LogP contribution in [0.4, 0.5) is 10.1 Å². The van der Waals surface area contributed by atoms with Crippen molar-refractivity contribution in [2.75, 3.05) is 44.8 Å². The number of ether oxygens (including phenoxy) is 1. The molecule has 6 nitrogen and oxygen atoms in total. The maximum atomic E-state index is 12.5. The van der Waals surface area contributed by atoms with Crippen molar-refractivity contribution in [3.63, 3.8) is 0 Å². The zero-order chi connectivity index (χ0) is 15.9. The Labute approximate surface area is 136 Å². The highest BCUT2D eigenvalue weighted by molar-refractivity contribution is 9.18. The van der Waals surface area contributed by atoms with Crippen molar-refractivity contribution >= 4 is 32.1 Å². The molecule has 0 aliphatic carbocycles. The van der Waals surface area contributed by atoms with E-state index in [1.54, 1.807) is 11.0 Å². The van der Waals surface area contributed by atoms with E-state index in [0.29, 0.717) is 37.6 Å². The Morgan fingerprint density at radius 2 is 2.32 bits per heavy atom. The number of hydrogen-bond acceptors (Lipinski definition) is 5. The molecule has 2 rings (SSSR count). The Balaban J connectivity index is 2.22. The monoisotopic (exact) mass is 372 g/mol. The van der Waals surface area contributed by atoms with Crippen LogP contribution in [0.1, 0.15) is 22.5 Å². The number of carbonyl (C=O) groups is 1. The van der Waals surface area contributed by atoms with Crippen molar-refractivity contribution in [1.82, 2.24) is 9.88 Å². The molecule has 0 atom stereocenters. The largest absolute Gasteiger partial charge is 0.382 e. The summed E-state index contributed by atoms with van der Waals surface area (Å²) in [7, 11) is 0. The van der Waals surface area contributed by atoms with Gasteiger partial charge in [0.05, 0.1) is 6.61 Å². The van der Waals surface area contributed by atoms with Crippen LogP contribution in [0.15, 0.2) is 12.3 Å². The van der Waals surface area contributed by atoms with E-state index in [0.717, 1.165) is 6.42 Å². The van der Waals surface area contributed by atoms with E-state index >= 15 is 0 Å². The van der Waals surface area contributed by atoms with Crippen molar-refractivity contribution < 1.29 is 13.9 Å². The van der Waals surface area contributed by atoms with E-state index in [9.17, 15) is 9.18 Å². The Kier molecular flexibility index (Phi) is 6.26. The molecule has 22 heavy (non-hydrogen) atoms. The first-order chi connectivity index (χ1) is 10.6. The number of nitrogens with one attached hydrogen (secondary N) is 2. The Morgan fingerprint density at radius 3 is 3.05 bits per heavy atom. The van der Waals surface area contributed by atoms with E-state index in [2.05, 4.69) is 26.2 Å². The highest BCUT2D eigenvalue weighted by Crippen LogP contribution is 2.20. The lowest BCUT2D eigenvalue weighted by Crippen LogP contribution is -2.33. The summed E-state index contributed by atoms with van der Waals surface area (Å²) in [5, 5.41) is 10.5. The number of pyridine rings is 1. The van der Waals surface area contributed by atoms with Gasteiger partial charge in [0.1, 0.15) is 17.0 Å². The quantitative estimate of drug-likeness (QED) is 0.775.